The molecule has 0 unspecified atom stereocenters. The minimum atomic E-state index is -3.57. The van der Waals surface area contributed by atoms with E-state index < -0.39 is 10.0 Å². The zero-order valence-electron chi connectivity index (χ0n) is 10.2. The second-order valence-electron chi connectivity index (χ2n) is 4.13. The highest BCUT2D eigenvalue weighted by Crippen LogP contribution is 2.21. The molecule has 0 aliphatic carbocycles. The van der Waals surface area contributed by atoms with Gasteiger partial charge in [0.25, 0.3) is 10.0 Å². The Labute approximate surface area is 120 Å². The predicted molar refractivity (Wildman–Crippen MR) is 80.5 cm³/mol. The summed E-state index contributed by atoms with van der Waals surface area (Å²) in [6.07, 6.45) is 0. The van der Waals surface area contributed by atoms with E-state index in [1.165, 1.54) is 12.1 Å². The maximum absolute atomic E-state index is 12.2. The molecule has 0 radical (unpaired) electrons. The number of aryl methyl sites for hydroxylation is 1. The Morgan fingerprint density at radius 1 is 1.11 bits per heavy atom. The van der Waals surface area contributed by atoms with Crippen molar-refractivity contribution in [1.29, 1.82) is 0 Å². The summed E-state index contributed by atoms with van der Waals surface area (Å²) in [5, 5.41) is 0. The van der Waals surface area contributed by atoms with Gasteiger partial charge in [0.05, 0.1) is 4.90 Å². The van der Waals surface area contributed by atoms with Gasteiger partial charge in [0, 0.05) is 15.8 Å². The molecule has 0 aliphatic rings. The molecule has 3 N–H and O–H groups in total. The van der Waals surface area contributed by atoms with Crippen LogP contribution in [0.4, 0.5) is 11.4 Å². The first-order valence-electron chi connectivity index (χ1n) is 5.53. The fourth-order valence-electron chi connectivity index (χ4n) is 1.57. The number of rotatable bonds is 3. The molecule has 0 heterocycles. The zero-order valence-corrected chi connectivity index (χ0v) is 12.6. The molecule has 0 amide bonds. The number of anilines is 2. The maximum Gasteiger partial charge on any atom is 0.261 e. The van der Waals surface area contributed by atoms with E-state index in [-0.39, 0.29) is 4.90 Å². The van der Waals surface area contributed by atoms with E-state index in [0.29, 0.717) is 11.4 Å². The third kappa shape index (κ3) is 3.27. The van der Waals surface area contributed by atoms with E-state index in [0.717, 1.165) is 10.0 Å². The SMILES string of the molecule is Cc1cc(NS(=O)(=O)c2ccc(Br)cc2)ccc1N. The lowest BCUT2D eigenvalue weighted by Crippen LogP contribution is -2.13. The molecule has 0 bridgehead atoms. The molecule has 2 aromatic carbocycles. The molecule has 0 fully saturated rings. The van der Waals surface area contributed by atoms with Crippen LogP contribution in [0.5, 0.6) is 0 Å². The van der Waals surface area contributed by atoms with Crippen LogP contribution in [0.25, 0.3) is 0 Å². The molecule has 0 saturated heterocycles. The van der Waals surface area contributed by atoms with Crippen molar-refractivity contribution in [3.63, 3.8) is 0 Å². The highest BCUT2D eigenvalue weighted by molar-refractivity contribution is 9.10. The average molecular weight is 341 g/mol. The molecular formula is C13H13BrN2O2S. The van der Waals surface area contributed by atoms with Crippen LogP contribution in [0.1, 0.15) is 5.56 Å². The largest absolute Gasteiger partial charge is 0.399 e. The highest BCUT2D eigenvalue weighted by Gasteiger charge is 2.14. The van der Waals surface area contributed by atoms with Crippen LogP contribution in [-0.4, -0.2) is 8.42 Å². The van der Waals surface area contributed by atoms with Crippen LogP contribution in [-0.2, 0) is 10.0 Å². The first kappa shape index (κ1) is 13.9. The number of hydrogen-bond acceptors (Lipinski definition) is 3. The number of benzene rings is 2. The van der Waals surface area contributed by atoms with Gasteiger partial charge in [0.2, 0.25) is 0 Å². The lowest BCUT2D eigenvalue weighted by atomic mass is 10.2. The third-order valence-corrected chi connectivity index (χ3v) is 4.57. The Hall–Kier alpha value is -1.53. The van der Waals surface area contributed by atoms with Crippen molar-refractivity contribution >= 4 is 37.3 Å². The van der Waals surface area contributed by atoms with Gasteiger partial charge in [-0.2, -0.15) is 0 Å². The number of sulfonamides is 1. The van der Waals surface area contributed by atoms with Crippen LogP contribution in [0.3, 0.4) is 0 Å². The molecule has 19 heavy (non-hydrogen) atoms. The summed E-state index contributed by atoms with van der Waals surface area (Å²) in [7, 11) is -3.57. The highest BCUT2D eigenvalue weighted by atomic mass is 79.9. The molecule has 4 nitrogen and oxygen atoms in total. The van der Waals surface area contributed by atoms with Gasteiger partial charge in [0.1, 0.15) is 0 Å². The van der Waals surface area contributed by atoms with Gasteiger partial charge in [-0.05, 0) is 55.0 Å². The molecule has 2 aromatic rings. The van der Waals surface area contributed by atoms with E-state index in [2.05, 4.69) is 20.7 Å². The minimum Gasteiger partial charge on any atom is -0.399 e. The van der Waals surface area contributed by atoms with Crippen molar-refractivity contribution in [1.82, 2.24) is 0 Å². The lowest BCUT2D eigenvalue weighted by molar-refractivity contribution is 0.601. The van der Waals surface area contributed by atoms with Crippen LogP contribution in [0.15, 0.2) is 51.8 Å². The van der Waals surface area contributed by atoms with Crippen LogP contribution < -0.4 is 10.5 Å². The van der Waals surface area contributed by atoms with Gasteiger partial charge in [0.15, 0.2) is 0 Å². The summed E-state index contributed by atoms with van der Waals surface area (Å²) in [6.45, 7) is 1.83. The number of nitrogen functional groups attached to an aromatic ring is 1. The third-order valence-electron chi connectivity index (χ3n) is 2.65. The summed E-state index contributed by atoms with van der Waals surface area (Å²) in [5.74, 6) is 0. The van der Waals surface area contributed by atoms with Gasteiger partial charge < -0.3 is 5.73 Å². The fraction of sp³-hybridized carbons (Fsp3) is 0.0769. The molecule has 100 valence electrons. The van der Waals surface area contributed by atoms with Gasteiger partial charge in [-0.3, -0.25) is 4.72 Å². The molecular weight excluding hydrogens is 328 g/mol. The number of nitrogens with one attached hydrogen (secondary N) is 1. The van der Waals surface area contributed by atoms with E-state index >= 15 is 0 Å². The van der Waals surface area contributed by atoms with Gasteiger partial charge in [-0.25, -0.2) is 8.42 Å². The predicted octanol–water partition coefficient (Wildman–Crippen LogP) is 3.14. The average Bonchev–Trinajstić information content (AvgIpc) is 2.34. The topological polar surface area (TPSA) is 72.2 Å². The standard InChI is InChI=1S/C13H13BrN2O2S/c1-9-8-11(4-7-13(9)15)16-19(17,18)12-5-2-10(14)3-6-12/h2-8,16H,15H2,1H3. The summed E-state index contributed by atoms with van der Waals surface area (Å²) < 4.78 is 27.7. The van der Waals surface area contributed by atoms with Gasteiger partial charge >= 0.3 is 0 Å². The van der Waals surface area contributed by atoms with Gasteiger partial charge in [-0.1, -0.05) is 15.9 Å². The van der Waals surface area contributed by atoms with Crippen molar-refractivity contribution < 1.29 is 8.42 Å². The smallest absolute Gasteiger partial charge is 0.261 e. The van der Waals surface area contributed by atoms with Crippen molar-refractivity contribution in [2.45, 2.75) is 11.8 Å². The van der Waals surface area contributed by atoms with Crippen molar-refractivity contribution in [2.24, 2.45) is 0 Å². The van der Waals surface area contributed by atoms with Crippen LogP contribution in [0, 0.1) is 6.92 Å². The van der Waals surface area contributed by atoms with Crippen molar-refractivity contribution in [3.05, 3.63) is 52.5 Å². The quantitative estimate of drug-likeness (QED) is 0.843. The Kier molecular flexibility index (Phi) is 3.82. The van der Waals surface area contributed by atoms with E-state index in [4.69, 9.17) is 5.73 Å². The fourth-order valence-corrected chi connectivity index (χ4v) is 2.88. The van der Waals surface area contributed by atoms with Crippen molar-refractivity contribution in [3.8, 4) is 0 Å². The summed E-state index contributed by atoms with van der Waals surface area (Å²) in [5.41, 5.74) is 7.65. The van der Waals surface area contributed by atoms with E-state index in [9.17, 15) is 8.42 Å². The Morgan fingerprint density at radius 3 is 2.32 bits per heavy atom. The van der Waals surface area contributed by atoms with Gasteiger partial charge in [-0.15, -0.1) is 0 Å². The molecule has 6 heteroatoms. The molecule has 0 spiro atoms. The second-order valence-corrected chi connectivity index (χ2v) is 6.73. The number of nitrogens with two attached hydrogens (primary N) is 1. The number of halogens is 1. The van der Waals surface area contributed by atoms with Crippen LogP contribution >= 0.6 is 15.9 Å². The lowest BCUT2D eigenvalue weighted by Gasteiger charge is -2.09. The first-order chi connectivity index (χ1) is 8.88. The summed E-state index contributed by atoms with van der Waals surface area (Å²) >= 11 is 3.27. The second kappa shape index (κ2) is 5.22. The molecule has 0 aliphatic heterocycles. The molecule has 0 saturated carbocycles. The van der Waals surface area contributed by atoms with Crippen molar-refractivity contribution in [2.75, 3.05) is 10.5 Å². The Morgan fingerprint density at radius 2 is 1.74 bits per heavy atom. The Balaban J connectivity index is 2.30. The maximum atomic E-state index is 12.2. The molecule has 2 rings (SSSR count). The number of hydrogen-bond donors (Lipinski definition) is 2. The van der Waals surface area contributed by atoms with Crippen LogP contribution in [0.2, 0.25) is 0 Å². The zero-order chi connectivity index (χ0) is 14.0. The first-order valence-corrected chi connectivity index (χ1v) is 7.80. The molecule has 0 aromatic heterocycles. The molecule has 0 atom stereocenters. The summed E-state index contributed by atoms with van der Waals surface area (Å²) in [4.78, 5) is 0.213. The normalized spacial score (nSPS) is 11.3. The van der Waals surface area contributed by atoms with E-state index in [1.54, 1.807) is 30.3 Å². The Bertz CT molecular complexity index is 697. The van der Waals surface area contributed by atoms with E-state index in [1.807, 2.05) is 6.92 Å². The summed E-state index contributed by atoms with van der Waals surface area (Å²) in [6, 6.07) is 11.5. The monoisotopic (exact) mass is 340 g/mol. The minimum absolute atomic E-state index is 0.213.